The number of quaternary nitrogens is 1. The number of ether oxygens (including phenoxy) is 3. The topological polar surface area (TPSA) is 102 Å². The Hall–Kier alpha value is -3.49. The molecule has 53 heavy (non-hydrogen) atoms. The normalized spacial score (nSPS) is 13.9. The Bertz CT molecular complexity index is 1140. The van der Waals surface area contributed by atoms with E-state index in [4.69, 9.17) is 14.2 Å². The maximum Gasteiger partial charge on any atom is 0.306 e. The summed E-state index contributed by atoms with van der Waals surface area (Å²) in [5.74, 6) is -1.81. The van der Waals surface area contributed by atoms with Crippen LogP contribution < -0.4 is 5.11 Å². The summed E-state index contributed by atoms with van der Waals surface area (Å²) in [5.41, 5.74) is 0. The molecule has 0 saturated heterocycles. The molecule has 0 bridgehead atoms. The number of hydrogen-bond donors (Lipinski definition) is 0. The number of allylic oxidation sites excluding steroid dienone is 14. The van der Waals surface area contributed by atoms with Crippen molar-refractivity contribution < 1.29 is 38.2 Å². The highest BCUT2D eigenvalue weighted by atomic mass is 16.6. The average Bonchev–Trinajstić information content (AvgIpc) is 3.11. The molecular formula is C45H73NO7. The van der Waals surface area contributed by atoms with Crippen LogP contribution in [0.1, 0.15) is 129 Å². The van der Waals surface area contributed by atoms with Crippen LogP contribution in [0.3, 0.4) is 0 Å². The Balaban J connectivity index is 4.49. The predicted molar refractivity (Wildman–Crippen MR) is 217 cm³/mol. The zero-order valence-electron chi connectivity index (χ0n) is 33.9. The number of carboxylic acids is 1. The van der Waals surface area contributed by atoms with Gasteiger partial charge in [-0.05, 0) is 32.1 Å². The summed E-state index contributed by atoms with van der Waals surface area (Å²) in [6.07, 6.45) is 44.6. The smallest absolute Gasteiger partial charge is 0.306 e. The summed E-state index contributed by atoms with van der Waals surface area (Å²) in [4.78, 5) is 36.7. The highest BCUT2D eigenvalue weighted by Gasteiger charge is 2.25. The van der Waals surface area contributed by atoms with Gasteiger partial charge in [-0.15, -0.1) is 0 Å². The molecule has 0 N–H and O–H groups in total. The van der Waals surface area contributed by atoms with Gasteiger partial charge in [0.05, 0.1) is 40.3 Å². The lowest BCUT2D eigenvalue weighted by Gasteiger charge is -2.34. The van der Waals surface area contributed by atoms with E-state index in [0.717, 1.165) is 44.9 Å². The van der Waals surface area contributed by atoms with Crippen LogP contribution in [0.4, 0.5) is 0 Å². The van der Waals surface area contributed by atoms with Gasteiger partial charge in [0.25, 0.3) is 0 Å². The summed E-state index contributed by atoms with van der Waals surface area (Å²) < 4.78 is 17.0. The molecule has 0 aliphatic rings. The molecule has 0 rings (SSSR count). The first-order chi connectivity index (χ1) is 25.6. The minimum absolute atomic E-state index is 0.0216. The molecular weight excluding hydrogens is 666 g/mol. The van der Waals surface area contributed by atoms with Crippen molar-refractivity contribution in [2.45, 2.75) is 142 Å². The molecule has 0 saturated carbocycles. The Morgan fingerprint density at radius 2 is 1.06 bits per heavy atom. The molecule has 0 heterocycles. The van der Waals surface area contributed by atoms with Gasteiger partial charge in [0, 0.05) is 19.3 Å². The monoisotopic (exact) mass is 740 g/mol. The van der Waals surface area contributed by atoms with Crippen LogP contribution in [0.5, 0.6) is 0 Å². The lowest BCUT2D eigenvalue weighted by atomic mass is 10.1. The van der Waals surface area contributed by atoms with Gasteiger partial charge in [-0.25, -0.2) is 0 Å². The minimum atomic E-state index is -1.14. The van der Waals surface area contributed by atoms with E-state index in [1.54, 1.807) is 21.1 Å². The van der Waals surface area contributed by atoms with Crippen LogP contribution in [-0.4, -0.2) is 75.5 Å². The second-order valence-corrected chi connectivity index (χ2v) is 14.3. The third kappa shape index (κ3) is 34.1. The Morgan fingerprint density at radius 1 is 0.585 bits per heavy atom. The Morgan fingerprint density at radius 3 is 1.57 bits per heavy atom. The molecule has 0 radical (unpaired) electrons. The number of esters is 2. The molecule has 2 unspecified atom stereocenters. The van der Waals surface area contributed by atoms with Crippen LogP contribution in [0, 0.1) is 0 Å². The molecule has 0 aliphatic carbocycles. The van der Waals surface area contributed by atoms with E-state index in [9.17, 15) is 19.5 Å². The van der Waals surface area contributed by atoms with Gasteiger partial charge in [-0.3, -0.25) is 9.59 Å². The van der Waals surface area contributed by atoms with Crippen molar-refractivity contribution in [3.63, 3.8) is 0 Å². The number of nitrogens with zero attached hydrogens (tertiary/aromatic N) is 1. The summed E-state index contributed by atoms with van der Waals surface area (Å²) in [6.45, 7) is 4.42. The fourth-order valence-electron chi connectivity index (χ4n) is 5.35. The quantitative estimate of drug-likeness (QED) is 0.0281. The van der Waals surface area contributed by atoms with Gasteiger partial charge in [-0.2, -0.15) is 0 Å². The summed E-state index contributed by atoms with van der Waals surface area (Å²) in [5, 5.41) is 11.6. The number of carboxylic acid groups (broad SMARTS) is 1. The van der Waals surface area contributed by atoms with Gasteiger partial charge in [-0.1, -0.05) is 163 Å². The minimum Gasteiger partial charge on any atom is -0.544 e. The Kier molecular flexibility index (Phi) is 33.2. The second-order valence-electron chi connectivity index (χ2n) is 14.3. The fourth-order valence-corrected chi connectivity index (χ4v) is 5.35. The fraction of sp³-hybridized carbons (Fsp3) is 0.622. The van der Waals surface area contributed by atoms with E-state index in [1.165, 1.54) is 44.9 Å². The first-order valence-electron chi connectivity index (χ1n) is 20.2. The zero-order chi connectivity index (χ0) is 39.3. The largest absolute Gasteiger partial charge is 0.544 e. The van der Waals surface area contributed by atoms with Gasteiger partial charge in [0.2, 0.25) is 0 Å². The lowest BCUT2D eigenvalue weighted by Crippen LogP contribution is -2.55. The standard InChI is InChI=1S/C45H73NO7/c1-6-8-10-12-14-16-18-19-20-21-22-23-24-25-26-28-29-31-33-35-43(47)52-40-41(39-51-38-37-42(45(49)50)46(3,4)5)53-44(48)36-34-32-30-27-17-15-13-11-9-7-2/h8,10,12,14,16,18-26,41-42H,6-7,9,11,13,15,17,27-40H2,1-5H3/b10-8+,14-12+,18-16+,20-19+,22-21+,24-23+,26-25+. The maximum absolute atomic E-state index is 12.6. The lowest BCUT2D eigenvalue weighted by molar-refractivity contribution is -0.889. The number of unbranched alkanes of at least 4 members (excludes halogenated alkanes) is 12. The van der Waals surface area contributed by atoms with Gasteiger partial charge in [0.15, 0.2) is 6.10 Å². The molecule has 300 valence electrons. The van der Waals surface area contributed by atoms with Crippen LogP contribution >= 0.6 is 0 Å². The number of rotatable bonds is 34. The maximum atomic E-state index is 12.6. The first-order valence-corrected chi connectivity index (χ1v) is 20.2. The van der Waals surface area contributed by atoms with Gasteiger partial charge >= 0.3 is 11.9 Å². The molecule has 2 atom stereocenters. The summed E-state index contributed by atoms with van der Waals surface area (Å²) in [7, 11) is 5.37. The molecule has 0 aliphatic heterocycles. The van der Waals surface area contributed by atoms with Crippen molar-refractivity contribution in [2.75, 3.05) is 41.0 Å². The van der Waals surface area contributed by atoms with E-state index in [0.29, 0.717) is 19.3 Å². The Labute approximate surface area is 323 Å². The average molecular weight is 740 g/mol. The zero-order valence-corrected chi connectivity index (χ0v) is 33.9. The SMILES string of the molecule is CC/C=C/C=C/C=C/C=C/C=C/C=C/C=C/CCCCCC(=O)OCC(COCCC(C(=O)[O-])[N+](C)(C)C)OC(=O)CCCCCCCCCCCC. The predicted octanol–water partition coefficient (Wildman–Crippen LogP) is 9.24. The van der Waals surface area contributed by atoms with E-state index in [2.05, 4.69) is 26.0 Å². The molecule has 8 nitrogen and oxygen atoms in total. The summed E-state index contributed by atoms with van der Waals surface area (Å²) >= 11 is 0. The number of hydrogen-bond acceptors (Lipinski definition) is 7. The van der Waals surface area contributed by atoms with Crippen LogP contribution in [-0.2, 0) is 28.6 Å². The molecule has 0 aromatic heterocycles. The molecule has 0 aromatic rings. The highest BCUT2D eigenvalue weighted by molar-refractivity contribution is 5.70. The second kappa shape index (κ2) is 35.5. The first kappa shape index (κ1) is 49.5. The third-order valence-corrected chi connectivity index (χ3v) is 8.49. The molecule has 0 aromatic carbocycles. The van der Waals surface area contributed by atoms with Crippen LogP contribution in [0.25, 0.3) is 0 Å². The molecule has 8 heteroatoms. The third-order valence-electron chi connectivity index (χ3n) is 8.49. The van der Waals surface area contributed by atoms with E-state index in [-0.39, 0.29) is 42.7 Å². The van der Waals surface area contributed by atoms with Crippen molar-refractivity contribution in [3.8, 4) is 0 Å². The van der Waals surface area contributed by atoms with E-state index < -0.39 is 18.1 Å². The highest BCUT2D eigenvalue weighted by Crippen LogP contribution is 2.13. The van der Waals surface area contributed by atoms with Crippen molar-refractivity contribution in [1.29, 1.82) is 0 Å². The van der Waals surface area contributed by atoms with Crippen LogP contribution in [0.15, 0.2) is 85.1 Å². The van der Waals surface area contributed by atoms with Crippen LogP contribution in [0.2, 0.25) is 0 Å². The summed E-state index contributed by atoms with van der Waals surface area (Å²) in [6, 6.07) is -0.735. The number of carbonyl (C=O) groups excluding carboxylic acids is 3. The van der Waals surface area contributed by atoms with Crippen molar-refractivity contribution in [1.82, 2.24) is 0 Å². The molecule has 0 amide bonds. The number of aliphatic carboxylic acids is 1. The van der Waals surface area contributed by atoms with Crippen molar-refractivity contribution in [3.05, 3.63) is 85.1 Å². The van der Waals surface area contributed by atoms with E-state index >= 15 is 0 Å². The molecule has 0 spiro atoms. The van der Waals surface area contributed by atoms with Gasteiger partial charge < -0.3 is 28.6 Å². The van der Waals surface area contributed by atoms with E-state index in [1.807, 2.05) is 72.9 Å². The number of likely N-dealkylation sites (N-methyl/N-ethyl adjacent to an activating group) is 1. The van der Waals surface area contributed by atoms with Crippen molar-refractivity contribution in [2.24, 2.45) is 0 Å². The van der Waals surface area contributed by atoms with Gasteiger partial charge in [0.1, 0.15) is 12.6 Å². The van der Waals surface area contributed by atoms with Crippen molar-refractivity contribution >= 4 is 17.9 Å². The number of carbonyl (C=O) groups is 3. The molecule has 0 fully saturated rings.